The molecule has 37 heavy (non-hydrogen) atoms. The molecule has 192 valence electrons. The molecule has 2 heterocycles. The van der Waals surface area contributed by atoms with Gasteiger partial charge in [0.1, 0.15) is 11.6 Å². The monoisotopic (exact) mass is 502 g/mol. The highest BCUT2D eigenvalue weighted by Crippen LogP contribution is 2.28. The first-order chi connectivity index (χ1) is 17.6. The second-order valence-electron chi connectivity index (χ2n) is 9.40. The second-order valence-corrected chi connectivity index (χ2v) is 9.40. The number of fused-ring (bicyclic) bond motifs is 1. The van der Waals surface area contributed by atoms with Gasteiger partial charge in [-0.2, -0.15) is 0 Å². The van der Waals surface area contributed by atoms with Crippen molar-refractivity contribution >= 4 is 23.7 Å². The van der Waals surface area contributed by atoms with Crippen molar-refractivity contribution in [3.63, 3.8) is 0 Å². The molecule has 10 nitrogen and oxygen atoms in total. The Hall–Kier alpha value is -4.36. The van der Waals surface area contributed by atoms with Crippen LogP contribution in [0.1, 0.15) is 27.0 Å². The molecular weight excluding hydrogens is 472 g/mol. The van der Waals surface area contributed by atoms with E-state index < -0.39 is 17.5 Å². The van der Waals surface area contributed by atoms with E-state index in [1.165, 1.54) is 12.0 Å². The van der Waals surface area contributed by atoms with Gasteiger partial charge in [-0.3, -0.25) is 20.3 Å². The summed E-state index contributed by atoms with van der Waals surface area (Å²) < 4.78 is 5.22. The molecule has 3 N–H and O–H groups in total. The van der Waals surface area contributed by atoms with Gasteiger partial charge in [-0.1, -0.05) is 30.0 Å². The molecule has 2 aromatic rings. The highest BCUT2D eigenvalue weighted by atomic mass is 16.5. The third kappa shape index (κ3) is 5.42. The number of nitrogens with one attached hydrogen (secondary N) is 3. The Morgan fingerprint density at radius 1 is 1.11 bits per heavy atom. The number of amides is 4. The maximum Gasteiger partial charge on any atom is 0.323 e. The first-order valence-corrected chi connectivity index (χ1v) is 11.8. The number of carbonyl (C=O) groups excluding carboxylic acids is 3. The lowest BCUT2D eigenvalue weighted by molar-refractivity contribution is -0.122. The van der Waals surface area contributed by atoms with Crippen LogP contribution in [0.3, 0.4) is 0 Å². The fraction of sp³-hybridized carbons (Fsp3) is 0.333. The summed E-state index contributed by atoms with van der Waals surface area (Å²) in [7, 11) is 7.38. The third-order valence-corrected chi connectivity index (χ3v) is 6.41. The molecule has 0 aliphatic carbocycles. The van der Waals surface area contributed by atoms with Crippen molar-refractivity contribution in [2.24, 2.45) is 0 Å². The molecular formula is C27H30N6O4. The van der Waals surface area contributed by atoms with Gasteiger partial charge in [0.15, 0.2) is 0 Å². The fourth-order valence-electron chi connectivity index (χ4n) is 4.18. The van der Waals surface area contributed by atoms with Crippen molar-refractivity contribution < 1.29 is 19.1 Å². The summed E-state index contributed by atoms with van der Waals surface area (Å²) in [6, 6.07) is 11.7. The van der Waals surface area contributed by atoms with Gasteiger partial charge in [-0.15, -0.1) is 0 Å². The number of hydrogen-bond donors (Lipinski definition) is 3. The highest BCUT2D eigenvalue weighted by Gasteiger charge is 2.48. The van der Waals surface area contributed by atoms with E-state index in [2.05, 4.69) is 27.4 Å². The molecule has 0 aromatic heterocycles. The number of imide groups is 1. The third-order valence-electron chi connectivity index (χ3n) is 6.41. The van der Waals surface area contributed by atoms with E-state index in [0.717, 1.165) is 24.2 Å². The molecule has 2 aliphatic rings. The van der Waals surface area contributed by atoms with E-state index in [0.29, 0.717) is 29.3 Å². The molecule has 1 fully saturated rings. The predicted octanol–water partition coefficient (Wildman–Crippen LogP) is 1.10. The SMILES string of the molecule is COc1ccc2c(c1)C(=O)N(C[C@@]1(C#Cc3ccc(C(=N)N(C)CCN(C)C)cc3)NC(=O)NC1=O)C2. The molecule has 4 amide bonds. The number of rotatable bonds is 7. The van der Waals surface area contributed by atoms with E-state index in [4.69, 9.17) is 10.1 Å². The average Bonchev–Trinajstić information content (AvgIpc) is 3.34. The topological polar surface area (TPSA) is 118 Å². The van der Waals surface area contributed by atoms with Crippen molar-refractivity contribution in [2.75, 3.05) is 47.9 Å². The standard InChI is InChI=1S/C27H30N6O4/c1-31(2)13-14-32(3)23(28)19-7-5-18(6-8-19)11-12-27(25(35)29-26(36)30-27)17-33-16-20-9-10-21(37-4)15-22(20)24(33)34/h5-10,15,28H,13-14,16-17H2,1-4H3,(H2,29,30,35,36)/t27-/m1/s1. The van der Waals surface area contributed by atoms with Crippen molar-refractivity contribution in [2.45, 2.75) is 12.1 Å². The van der Waals surface area contributed by atoms with E-state index in [1.54, 1.807) is 36.4 Å². The quantitative estimate of drug-likeness (QED) is 0.226. The summed E-state index contributed by atoms with van der Waals surface area (Å²) in [5.74, 6) is 5.97. The molecule has 4 rings (SSSR count). The van der Waals surface area contributed by atoms with Crippen LogP contribution in [-0.2, 0) is 11.3 Å². The van der Waals surface area contributed by atoms with Crippen LogP contribution in [0.5, 0.6) is 5.75 Å². The lowest BCUT2D eigenvalue weighted by Gasteiger charge is -2.26. The molecule has 1 atom stereocenters. The van der Waals surface area contributed by atoms with Crippen LogP contribution in [0.15, 0.2) is 42.5 Å². The molecule has 0 radical (unpaired) electrons. The summed E-state index contributed by atoms with van der Waals surface area (Å²) in [6.45, 7) is 1.74. The Labute approximate surface area is 216 Å². The molecule has 0 unspecified atom stereocenters. The molecule has 0 bridgehead atoms. The fourth-order valence-corrected chi connectivity index (χ4v) is 4.18. The van der Waals surface area contributed by atoms with Crippen molar-refractivity contribution in [1.82, 2.24) is 25.3 Å². The normalized spacial score (nSPS) is 18.2. The minimum Gasteiger partial charge on any atom is -0.497 e. The number of benzene rings is 2. The van der Waals surface area contributed by atoms with E-state index >= 15 is 0 Å². The molecule has 0 spiro atoms. The number of amidine groups is 1. The van der Waals surface area contributed by atoms with Gasteiger partial charge in [0, 0.05) is 43.4 Å². The van der Waals surface area contributed by atoms with E-state index in [9.17, 15) is 14.4 Å². The number of nitrogens with zero attached hydrogens (tertiary/aromatic N) is 3. The molecule has 1 saturated heterocycles. The van der Waals surface area contributed by atoms with Crippen LogP contribution >= 0.6 is 0 Å². The van der Waals surface area contributed by atoms with Crippen LogP contribution in [0, 0.1) is 17.3 Å². The summed E-state index contributed by atoms with van der Waals surface area (Å²) >= 11 is 0. The Bertz CT molecular complexity index is 1310. The van der Waals surface area contributed by atoms with Crippen LogP contribution in [0.2, 0.25) is 0 Å². The first-order valence-electron chi connectivity index (χ1n) is 11.8. The Morgan fingerprint density at radius 3 is 2.46 bits per heavy atom. The van der Waals surface area contributed by atoms with Crippen molar-refractivity contribution in [1.29, 1.82) is 5.41 Å². The highest BCUT2D eigenvalue weighted by molar-refractivity contribution is 6.10. The summed E-state index contributed by atoms with van der Waals surface area (Å²) in [5.41, 5.74) is 1.08. The van der Waals surface area contributed by atoms with Crippen LogP contribution in [0.4, 0.5) is 4.79 Å². The van der Waals surface area contributed by atoms with Gasteiger partial charge in [-0.25, -0.2) is 4.79 Å². The zero-order chi connectivity index (χ0) is 26.7. The number of methoxy groups -OCH3 is 1. The summed E-state index contributed by atoms with van der Waals surface area (Å²) in [5, 5.41) is 13.3. The number of urea groups is 1. The van der Waals surface area contributed by atoms with Gasteiger partial charge < -0.3 is 24.8 Å². The van der Waals surface area contributed by atoms with Crippen LogP contribution in [-0.4, -0.2) is 91.8 Å². The number of ether oxygens (including phenoxy) is 1. The van der Waals surface area contributed by atoms with E-state index in [-0.39, 0.29) is 12.5 Å². The Kier molecular flexibility index (Phi) is 7.18. The smallest absolute Gasteiger partial charge is 0.323 e. The Balaban J connectivity index is 1.53. The number of carbonyl (C=O) groups is 3. The molecule has 2 aliphatic heterocycles. The predicted molar refractivity (Wildman–Crippen MR) is 138 cm³/mol. The summed E-state index contributed by atoms with van der Waals surface area (Å²) in [4.78, 5) is 43.4. The van der Waals surface area contributed by atoms with Crippen molar-refractivity contribution in [3.8, 4) is 17.6 Å². The van der Waals surface area contributed by atoms with E-state index in [1.807, 2.05) is 32.1 Å². The maximum absolute atomic E-state index is 13.0. The number of likely N-dealkylation sites (N-methyl/N-ethyl adjacent to an activating group) is 2. The first kappa shape index (κ1) is 25.7. The summed E-state index contributed by atoms with van der Waals surface area (Å²) in [6.07, 6.45) is 0. The van der Waals surface area contributed by atoms with Gasteiger partial charge in [-0.05, 0) is 43.9 Å². The molecule has 0 saturated carbocycles. The Morgan fingerprint density at radius 2 is 1.84 bits per heavy atom. The maximum atomic E-state index is 13.0. The lowest BCUT2D eigenvalue weighted by atomic mass is 9.99. The van der Waals surface area contributed by atoms with Gasteiger partial charge >= 0.3 is 6.03 Å². The largest absolute Gasteiger partial charge is 0.497 e. The van der Waals surface area contributed by atoms with Crippen LogP contribution < -0.4 is 15.4 Å². The van der Waals surface area contributed by atoms with Gasteiger partial charge in [0.25, 0.3) is 11.8 Å². The molecule has 2 aromatic carbocycles. The number of hydrogen-bond acceptors (Lipinski definition) is 6. The zero-order valence-corrected chi connectivity index (χ0v) is 21.3. The van der Waals surface area contributed by atoms with Gasteiger partial charge in [0.2, 0.25) is 5.54 Å². The molecule has 10 heteroatoms. The zero-order valence-electron chi connectivity index (χ0n) is 21.3. The minimum absolute atomic E-state index is 0.104. The van der Waals surface area contributed by atoms with Crippen molar-refractivity contribution in [3.05, 3.63) is 64.7 Å². The second kappa shape index (κ2) is 10.3. The lowest BCUT2D eigenvalue weighted by Crippen LogP contribution is -2.54. The van der Waals surface area contributed by atoms with Gasteiger partial charge in [0.05, 0.1) is 13.7 Å². The van der Waals surface area contributed by atoms with Crippen LogP contribution in [0.25, 0.3) is 0 Å². The minimum atomic E-state index is -1.59. The average molecular weight is 503 g/mol.